The number of ether oxygens (including phenoxy) is 1. The molecule has 6 heteroatoms. The van der Waals surface area contributed by atoms with Gasteiger partial charge >= 0.3 is 0 Å². The van der Waals surface area contributed by atoms with Crippen molar-refractivity contribution in [2.45, 2.75) is 13.8 Å². The largest absolute Gasteiger partial charge is 0.494 e. The number of aromatic nitrogens is 3. The summed E-state index contributed by atoms with van der Waals surface area (Å²) in [6.07, 6.45) is 1.68. The number of rotatable bonds is 5. The summed E-state index contributed by atoms with van der Waals surface area (Å²) in [4.78, 5) is 9.28. The van der Waals surface area contributed by atoms with Gasteiger partial charge in [-0.1, -0.05) is 32.0 Å². The predicted molar refractivity (Wildman–Crippen MR) is 106 cm³/mol. The summed E-state index contributed by atoms with van der Waals surface area (Å²) in [5.74, 6) is 0.957. The van der Waals surface area contributed by atoms with Gasteiger partial charge < -0.3 is 10.1 Å². The molecular formula is C21H21FN4O. The summed E-state index contributed by atoms with van der Waals surface area (Å²) in [7, 11) is 1.46. The van der Waals surface area contributed by atoms with Crippen LogP contribution in [0.25, 0.3) is 27.9 Å². The SMILES string of the molecule is COc1cccc(-c2cnc3c(NCC(C)C)nc4ccccc4n23)c1F. The highest BCUT2D eigenvalue weighted by Gasteiger charge is 2.18. The Balaban J connectivity index is 2.01. The molecule has 1 N–H and O–H groups in total. The average molecular weight is 364 g/mol. The molecule has 0 amide bonds. The van der Waals surface area contributed by atoms with Crippen LogP contribution in [0.1, 0.15) is 13.8 Å². The fraction of sp³-hybridized carbons (Fsp3) is 0.238. The third kappa shape index (κ3) is 2.97. The van der Waals surface area contributed by atoms with Crippen LogP contribution in [0.15, 0.2) is 48.7 Å². The number of para-hydroxylation sites is 2. The Morgan fingerprint density at radius 2 is 1.96 bits per heavy atom. The number of benzene rings is 2. The summed E-state index contributed by atoms with van der Waals surface area (Å²) in [6, 6.07) is 12.9. The summed E-state index contributed by atoms with van der Waals surface area (Å²) in [5, 5.41) is 3.37. The normalized spacial score (nSPS) is 11.4. The maximum absolute atomic E-state index is 14.9. The first-order valence-electron chi connectivity index (χ1n) is 8.93. The maximum atomic E-state index is 14.9. The van der Waals surface area contributed by atoms with Gasteiger partial charge in [0.1, 0.15) is 0 Å². The minimum Gasteiger partial charge on any atom is -0.494 e. The van der Waals surface area contributed by atoms with Gasteiger partial charge in [-0.2, -0.15) is 0 Å². The van der Waals surface area contributed by atoms with Crippen molar-refractivity contribution in [1.82, 2.24) is 14.4 Å². The zero-order chi connectivity index (χ0) is 19.0. The topological polar surface area (TPSA) is 51.5 Å². The van der Waals surface area contributed by atoms with E-state index in [-0.39, 0.29) is 5.75 Å². The van der Waals surface area contributed by atoms with Gasteiger partial charge in [-0.05, 0) is 30.2 Å². The van der Waals surface area contributed by atoms with E-state index in [0.29, 0.717) is 28.6 Å². The van der Waals surface area contributed by atoms with E-state index in [1.807, 2.05) is 28.7 Å². The minimum atomic E-state index is -0.403. The Morgan fingerprint density at radius 3 is 2.74 bits per heavy atom. The lowest BCUT2D eigenvalue weighted by molar-refractivity contribution is 0.387. The molecule has 0 aliphatic rings. The van der Waals surface area contributed by atoms with Crippen LogP contribution >= 0.6 is 0 Å². The smallest absolute Gasteiger partial charge is 0.181 e. The number of hydrogen-bond acceptors (Lipinski definition) is 4. The van der Waals surface area contributed by atoms with Crippen LogP contribution in [0, 0.1) is 11.7 Å². The second kappa shape index (κ2) is 6.87. The van der Waals surface area contributed by atoms with Crippen LogP contribution in [-0.4, -0.2) is 28.0 Å². The maximum Gasteiger partial charge on any atom is 0.181 e. The zero-order valence-corrected chi connectivity index (χ0v) is 15.5. The van der Waals surface area contributed by atoms with Gasteiger partial charge in [0.2, 0.25) is 0 Å². The molecule has 0 unspecified atom stereocenters. The van der Waals surface area contributed by atoms with Gasteiger partial charge in [0.15, 0.2) is 23.0 Å². The Labute approximate surface area is 156 Å². The standard InChI is InChI=1S/C21H21FN4O/c1-13(2)11-23-20-21-24-12-17(14-7-6-10-18(27-3)19(14)22)26(21)16-9-5-4-8-15(16)25-20/h4-10,12-13H,11H2,1-3H3,(H,23,25). The van der Waals surface area contributed by atoms with Gasteiger partial charge in [0.25, 0.3) is 0 Å². The van der Waals surface area contributed by atoms with E-state index in [9.17, 15) is 4.39 Å². The molecular weight excluding hydrogens is 343 g/mol. The lowest BCUT2D eigenvalue weighted by Gasteiger charge is -2.13. The van der Waals surface area contributed by atoms with Gasteiger partial charge in [0.05, 0.1) is 30.0 Å². The van der Waals surface area contributed by atoms with E-state index in [1.165, 1.54) is 7.11 Å². The molecule has 0 saturated heterocycles. The van der Waals surface area contributed by atoms with Gasteiger partial charge in [-0.15, -0.1) is 0 Å². The van der Waals surface area contributed by atoms with Crippen molar-refractivity contribution in [1.29, 1.82) is 0 Å². The molecule has 0 atom stereocenters. The summed E-state index contributed by atoms with van der Waals surface area (Å²) < 4.78 is 22.0. The van der Waals surface area contributed by atoms with Crippen molar-refractivity contribution < 1.29 is 9.13 Å². The molecule has 27 heavy (non-hydrogen) atoms. The van der Waals surface area contributed by atoms with Crippen LogP contribution in [0.4, 0.5) is 10.2 Å². The summed E-state index contributed by atoms with van der Waals surface area (Å²) in [6.45, 7) is 5.04. The lowest BCUT2D eigenvalue weighted by Crippen LogP contribution is -2.11. The van der Waals surface area contributed by atoms with Gasteiger partial charge in [0, 0.05) is 12.1 Å². The highest BCUT2D eigenvalue weighted by Crippen LogP contribution is 2.32. The first-order valence-corrected chi connectivity index (χ1v) is 8.93. The molecule has 0 aliphatic carbocycles. The highest BCUT2D eigenvalue weighted by molar-refractivity contribution is 5.86. The minimum absolute atomic E-state index is 0.207. The monoisotopic (exact) mass is 364 g/mol. The van der Waals surface area contributed by atoms with Crippen molar-refractivity contribution >= 4 is 22.5 Å². The molecule has 2 aromatic carbocycles. The molecule has 5 nitrogen and oxygen atoms in total. The van der Waals surface area contributed by atoms with Crippen molar-refractivity contribution in [3.63, 3.8) is 0 Å². The number of halogens is 1. The number of nitrogens with one attached hydrogen (secondary N) is 1. The average Bonchev–Trinajstić information content (AvgIpc) is 3.11. The van der Waals surface area contributed by atoms with Crippen molar-refractivity contribution in [2.24, 2.45) is 5.92 Å². The Bertz CT molecular complexity index is 1120. The quantitative estimate of drug-likeness (QED) is 0.554. The van der Waals surface area contributed by atoms with Crippen molar-refractivity contribution in [3.8, 4) is 17.0 Å². The summed E-state index contributed by atoms with van der Waals surface area (Å²) in [5.41, 5.74) is 3.46. The Hall–Kier alpha value is -3.15. The molecule has 4 rings (SSSR count). The van der Waals surface area contributed by atoms with E-state index < -0.39 is 5.82 Å². The van der Waals surface area contributed by atoms with E-state index in [1.54, 1.807) is 24.4 Å². The molecule has 0 fully saturated rings. The number of fused-ring (bicyclic) bond motifs is 3. The summed E-state index contributed by atoms with van der Waals surface area (Å²) >= 11 is 0. The predicted octanol–water partition coefficient (Wildman–Crippen LogP) is 4.77. The number of methoxy groups -OCH3 is 1. The van der Waals surface area contributed by atoms with Crippen LogP contribution in [-0.2, 0) is 0 Å². The van der Waals surface area contributed by atoms with E-state index in [0.717, 1.165) is 17.6 Å². The molecule has 0 radical (unpaired) electrons. The highest BCUT2D eigenvalue weighted by atomic mass is 19.1. The molecule has 138 valence electrons. The lowest BCUT2D eigenvalue weighted by atomic mass is 10.1. The number of hydrogen-bond donors (Lipinski definition) is 1. The van der Waals surface area contributed by atoms with E-state index >= 15 is 0 Å². The molecule has 2 heterocycles. The van der Waals surface area contributed by atoms with Crippen LogP contribution in [0.5, 0.6) is 5.75 Å². The van der Waals surface area contributed by atoms with Crippen molar-refractivity contribution in [3.05, 3.63) is 54.5 Å². The second-order valence-electron chi connectivity index (χ2n) is 6.85. The molecule has 4 aromatic rings. The number of imidazole rings is 1. The van der Waals surface area contributed by atoms with E-state index in [2.05, 4.69) is 24.1 Å². The van der Waals surface area contributed by atoms with Gasteiger partial charge in [-0.3, -0.25) is 4.40 Å². The fourth-order valence-electron chi connectivity index (χ4n) is 3.16. The Morgan fingerprint density at radius 1 is 1.15 bits per heavy atom. The molecule has 0 saturated carbocycles. The van der Waals surface area contributed by atoms with Crippen LogP contribution in [0.2, 0.25) is 0 Å². The molecule has 0 bridgehead atoms. The third-order valence-corrected chi connectivity index (χ3v) is 4.47. The number of nitrogens with zero attached hydrogens (tertiary/aromatic N) is 3. The number of anilines is 1. The molecule has 0 spiro atoms. The zero-order valence-electron chi connectivity index (χ0n) is 15.5. The van der Waals surface area contributed by atoms with E-state index in [4.69, 9.17) is 9.72 Å². The molecule has 2 aromatic heterocycles. The second-order valence-corrected chi connectivity index (χ2v) is 6.85. The van der Waals surface area contributed by atoms with Crippen molar-refractivity contribution in [2.75, 3.05) is 19.0 Å². The van der Waals surface area contributed by atoms with Crippen LogP contribution in [0.3, 0.4) is 0 Å². The first kappa shape index (κ1) is 17.3. The Kier molecular flexibility index (Phi) is 4.39. The third-order valence-electron chi connectivity index (χ3n) is 4.47. The van der Waals surface area contributed by atoms with Gasteiger partial charge in [-0.25, -0.2) is 14.4 Å². The fourth-order valence-corrected chi connectivity index (χ4v) is 3.16. The first-order chi connectivity index (χ1) is 13.1. The van der Waals surface area contributed by atoms with Crippen LogP contribution < -0.4 is 10.1 Å². The molecule has 0 aliphatic heterocycles.